The predicted octanol–water partition coefficient (Wildman–Crippen LogP) is 2.15. The van der Waals surface area contributed by atoms with Crippen LogP contribution in [-0.4, -0.2) is 38.0 Å². The van der Waals surface area contributed by atoms with Crippen molar-refractivity contribution in [2.75, 3.05) is 19.3 Å². The number of nitrogens with zero attached hydrogens (tertiary/aromatic N) is 1. The van der Waals surface area contributed by atoms with Gasteiger partial charge in [-0.25, -0.2) is 12.7 Å². The molecule has 1 aromatic rings. The minimum absolute atomic E-state index is 0.0632. The second-order valence-electron chi connectivity index (χ2n) is 6.55. The number of sulfonamides is 1. The molecule has 0 unspecified atom stereocenters. The predicted molar refractivity (Wildman–Crippen MR) is 91.6 cm³/mol. The molecule has 0 radical (unpaired) electrons. The topological polar surface area (TPSA) is 66.5 Å². The summed E-state index contributed by atoms with van der Waals surface area (Å²) >= 11 is 0. The molecule has 0 bridgehead atoms. The van der Waals surface area contributed by atoms with Gasteiger partial charge in [-0.15, -0.1) is 0 Å². The summed E-state index contributed by atoms with van der Waals surface area (Å²) < 4.78 is 24.8. The van der Waals surface area contributed by atoms with E-state index in [1.807, 2.05) is 20.8 Å². The van der Waals surface area contributed by atoms with Crippen LogP contribution in [-0.2, 0) is 14.8 Å². The monoisotopic (exact) mass is 338 g/mol. The first-order chi connectivity index (χ1) is 10.7. The lowest BCUT2D eigenvalue weighted by atomic mass is 9.96. The molecule has 23 heavy (non-hydrogen) atoms. The first-order valence-electron chi connectivity index (χ1n) is 8.01. The number of benzene rings is 1. The third kappa shape index (κ3) is 4.54. The Kier molecular flexibility index (Phi) is 5.47. The Morgan fingerprint density at radius 2 is 2.04 bits per heavy atom. The summed E-state index contributed by atoms with van der Waals surface area (Å²) in [7, 11) is -3.23. The van der Waals surface area contributed by atoms with E-state index in [0.717, 1.165) is 29.5 Å². The van der Waals surface area contributed by atoms with Crippen LogP contribution in [0.4, 0.5) is 0 Å². The fraction of sp³-hybridized carbons (Fsp3) is 0.588. The van der Waals surface area contributed by atoms with Crippen LogP contribution in [0.25, 0.3) is 0 Å². The molecule has 0 aliphatic carbocycles. The fourth-order valence-electron chi connectivity index (χ4n) is 3.09. The second-order valence-corrected chi connectivity index (χ2v) is 8.53. The number of hydrogen-bond donors (Lipinski definition) is 1. The Morgan fingerprint density at radius 1 is 1.35 bits per heavy atom. The third-order valence-electron chi connectivity index (χ3n) is 4.48. The standard InChI is InChI=1S/C17H26N2O3S/c1-12-7-8-13(2)16(10-12)14(3)18-17(20)15-6-5-9-19(11-15)23(4,21)22/h7-8,10,14-15H,5-6,9,11H2,1-4H3,(H,18,20)/t14-,15-/m0/s1. The van der Waals surface area contributed by atoms with Crippen molar-refractivity contribution in [3.8, 4) is 0 Å². The Balaban J connectivity index is 2.05. The van der Waals surface area contributed by atoms with Crippen molar-refractivity contribution in [1.82, 2.24) is 9.62 Å². The normalized spacial score (nSPS) is 21.0. The van der Waals surface area contributed by atoms with Gasteiger partial charge in [-0.3, -0.25) is 4.79 Å². The second kappa shape index (κ2) is 7.01. The molecule has 0 spiro atoms. The molecular formula is C17H26N2O3S. The Labute approximate surface area is 139 Å². The van der Waals surface area contributed by atoms with Crippen molar-refractivity contribution in [3.63, 3.8) is 0 Å². The quantitative estimate of drug-likeness (QED) is 0.915. The van der Waals surface area contributed by atoms with Crippen LogP contribution in [0, 0.1) is 19.8 Å². The highest BCUT2D eigenvalue weighted by atomic mass is 32.2. The van der Waals surface area contributed by atoms with Crippen LogP contribution in [0.3, 0.4) is 0 Å². The third-order valence-corrected chi connectivity index (χ3v) is 5.75. The SMILES string of the molecule is Cc1ccc(C)c([C@H](C)NC(=O)[C@H]2CCCN(S(C)(=O)=O)C2)c1. The number of carbonyl (C=O) groups excluding carboxylic acids is 1. The molecule has 1 aromatic carbocycles. The zero-order valence-corrected chi connectivity index (χ0v) is 15.1. The molecule has 1 aliphatic rings. The van der Waals surface area contributed by atoms with Crippen LogP contribution >= 0.6 is 0 Å². The van der Waals surface area contributed by atoms with Crippen LogP contribution in [0.15, 0.2) is 18.2 Å². The zero-order valence-electron chi connectivity index (χ0n) is 14.3. The summed E-state index contributed by atoms with van der Waals surface area (Å²) in [6, 6.07) is 6.11. The molecule has 1 amide bonds. The maximum atomic E-state index is 12.5. The first-order valence-corrected chi connectivity index (χ1v) is 9.86. The van der Waals surface area contributed by atoms with Gasteiger partial charge in [0.05, 0.1) is 18.2 Å². The number of nitrogens with one attached hydrogen (secondary N) is 1. The van der Waals surface area contributed by atoms with Gasteiger partial charge in [-0.2, -0.15) is 0 Å². The largest absolute Gasteiger partial charge is 0.349 e. The van der Waals surface area contributed by atoms with Crippen LogP contribution in [0.5, 0.6) is 0 Å². The molecule has 1 saturated heterocycles. The lowest BCUT2D eigenvalue weighted by Crippen LogP contribution is -2.45. The van der Waals surface area contributed by atoms with Crippen LogP contribution in [0.2, 0.25) is 0 Å². The van der Waals surface area contributed by atoms with Crippen molar-refractivity contribution >= 4 is 15.9 Å². The molecule has 128 valence electrons. The average molecular weight is 338 g/mol. The van der Waals surface area contributed by atoms with Gasteiger partial charge in [0.25, 0.3) is 0 Å². The molecule has 0 aromatic heterocycles. The van der Waals surface area contributed by atoms with E-state index in [1.54, 1.807) is 0 Å². The smallest absolute Gasteiger partial charge is 0.224 e. The number of carbonyl (C=O) groups is 1. The van der Waals surface area contributed by atoms with Crippen molar-refractivity contribution < 1.29 is 13.2 Å². The fourth-order valence-corrected chi connectivity index (χ4v) is 4.00. The first kappa shape index (κ1) is 17.9. The Bertz CT molecular complexity index is 685. The van der Waals surface area contributed by atoms with E-state index in [9.17, 15) is 13.2 Å². The molecule has 1 fully saturated rings. The van der Waals surface area contributed by atoms with E-state index in [1.165, 1.54) is 10.6 Å². The number of aryl methyl sites for hydroxylation is 2. The highest BCUT2D eigenvalue weighted by molar-refractivity contribution is 7.88. The van der Waals surface area contributed by atoms with Gasteiger partial charge in [0, 0.05) is 13.1 Å². The molecule has 2 atom stereocenters. The number of amides is 1. The number of hydrogen-bond acceptors (Lipinski definition) is 3. The van der Waals surface area contributed by atoms with Gasteiger partial charge < -0.3 is 5.32 Å². The van der Waals surface area contributed by atoms with Gasteiger partial charge in [0.2, 0.25) is 15.9 Å². The van der Waals surface area contributed by atoms with E-state index in [4.69, 9.17) is 0 Å². The average Bonchev–Trinajstić information content (AvgIpc) is 2.48. The summed E-state index contributed by atoms with van der Waals surface area (Å²) in [4.78, 5) is 12.5. The van der Waals surface area contributed by atoms with Gasteiger partial charge in [0.1, 0.15) is 0 Å². The minimum atomic E-state index is -3.23. The van der Waals surface area contributed by atoms with Crippen LogP contribution in [0.1, 0.15) is 42.5 Å². The minimum Gasteiger partial charge on any atom is -0.349 e. The lowest BCUT2D eigenvalue weighted by Gasteiger charge is -2.31. The summed E-state index contributed by atoms with van der Waals surface area (Å²) in [6.07, 6.45) is 2.66. The van der Waals surface area contributed by atoms with E-state index in [-0.39, 0.29) is 24.4 Å². The summed E-state index contributed by atoms with van der Waals surface area (Å²) in [5.41, 5.74) is 3.41. The van der Waals surface area contributed by atoms with Gasteiger partial charge in [-0.1, -0.05) is 23.8 Å². The van der Waals surface area contributed by atoms with Crippen molar-refractivity contribution in [2.24, 2.45) is 5.92 Å². The molecular weight excluding hydrogens is 312 g/mol. The highest BCUT2D eigenvalue weighted by Gasteiger charge is 2.30. The molecule has 1 heterocycles. The maximum Gasteiger partial charge on any atom is 0.224 e. The number of rotatable bonds is 4. The van der Waals surface area contributed by atoms with E-state index < -0.39 is 10.0 Å². The van der Waals surface area contributed by atoms with Gasteiger partial charge in [-0.05, 0) is 44.7 Å². The van der Waals surface area contributed by atoms with Crippen molar-refractivity contribution in [1.29, 1.82) is 0 Å². The van der Waals surface area contributed by atoms with E-state index >= 15 is 0 Å². The molecule has 2 rings (SSSR count). The van der Waals surface area contributed by atoms with Crippen LogP contribution < -0.4 is 5.32 Å². The van der Waals surface area contributed by atoms with Crippen molar-refractivity contribution in [2.45, 2.75) is 39.7 Å². The van der Waals surface area contributed by atoms with Crippen molar-refractivity contribution in [3.05, 3.63) is 34.9 Å². The Morgan fingerprint density at radius 3 is 2.70 bits per heavy atom. The molecule has 0 saturated carbocycles. The van der Waals surface area contributed by atoms with E-state index in [2.05, 4.69) is 23.5 Å². The highest BCUT2D eigenvalue weighted by Crippen LogP contribution is 2.22. The molecule has 5 nitrogen and oxygen atoms in total. The summed E-state index contributed by atoms with van der Waals surface area (Å²) in [5, 5.41) is 3.05. The molecule has 6 heteroatoms. The van der Waals surface area contributed by atoms with Gasteiger partial charge in [0.15, 0.2) is 0 Å². The van der Waals surface area contributed by atoms with E-state index in [0.29, 0.717) is 6.54 Å². The molecule has 1 aliphatic heterocycles. The maximum absolute atomic E-state index is 12.5. The lowest BCUT2D eigenvalue weighted by molar-refractivity contribution is -0.126. The summed E-state index contributed by atoms with van der Waals surface area (Å²) in [6.45, 7) is 6.82. The molecule has 1 N–H and O–H groups in total. The Hall–Kier alpha value is -1.40. The summed E-state index contributed by atoms with van der Waals surface area (Å²) in [5.74, 6) is -0.335. The zero-order chi connectivity index (χ0) is 17.2. The van der Waals surface area contributed by atoms with Gasteiger partial charge >= 0.3 is 0 Å². The number of piperidine rings is 1.